The molecule has 21 heavy (non-hydrogen) atoms. The lowest BCUT2D eigenvalue weighted by atomic mass is 10.3. The summed E-state index contributed by atoms with van der Waals surface area (Å²) in [7, 11) is 1.63. The zero-order valence-corrected chi connectivity index (χ0v) is 11.8. The molecule has 0 aromatic carbocycles. The first-order chi connectivity index (χ1) is 9.97. The van der Waals surface area contributed by atoms with E-state index in [0.29, 0.717) is 12.2 Å². The highest BCUT2D eigenvalue weighted by molar-refractivity contribution is 5.99. The number of aromatic carboxylic acids is 1. The Bertz CT molecular complexity index is 651. The number of carboxylic acids is 1. The van der Waals surface area contributed by atoms with Crippen molar-refractivity contribution in [3.63, 3.8) is 0 Å². The van der Waals surface area contributed by atoms with Crippen molar-refractivity contribution in [2.75, 3.05) is 12.4 Å². The number of carboxylic acid groups (broad SMARTS) is 1. The van der Waals surface area contributed by atoms with Gasteiger partial charge in [0, 0.05) is 31.7 Å². The molecule has 0 radical (unpaired) electrons. The normalized spacial score (nSPS) is 10.2. The van der Waals surface area contributed by atoms with E-state index in [4.69, 9.17) is 5.11 Å². The standard InChI is InChI=1S/C14H16N4O3/c1-9-6-11(12(16-9)13(19)20)17-14(21)18(2)8-10-4-3-5-15-7-10/h3-7,16H,8H2,1-2H3,(H,17,21)(H,19,20). The Hall–Kier alpha value is -2.83. The highest BCUT2D eigenvalue weighted by atomic mass is 16.4. The molecule has 0 saturated heterocycles. The van der Waals surface area contributed by atoms with Crippen LogP contribution >= 0.6 is 0 Å². The number of aryl methyl sites for hydroxylation is 1. The lowest BCUT2D eigenvalue weighted by molar-refractivity contribution is 0.0692. The van der Waals surface area contributed by atoms with Gasteiger partial charge in [0.15, 0.2) is 0 Å². The molecule has 0 aliphatic rings. The minimum Gasteiger partial charge on any atom is -0.477 e. The molecule has 110 valence electrons. The SMILES string of the molecule is Cc1cc(NC(=O)N(C)Cc2cccnc2)c(C(=O)O)[nH]1. The predicted molar refractivity (Wildman–Crippen MR) is 77.2 cm³/mol. The summed E-state index contributed by atoms with van der Waals surface area (Å²) in [6, 6.07) is 4.85. The highest BCUT2D eigenvalue weighted by Crippen LogP contribution is 2.17. The third kappa shape index (κ3) is 3.59. The summed E-state index contributed by atoms with van der Waals surface area (Å²) in [5, 5.41) is 11.6. The van der Waals surface area contributed by atoms with Gasteiger partial charge in [-0.2, -0.15) is 0 Å². The third-order valence-corrected chi connectivity index (χ3v) is 2.90. The van der Waals surface area contributed by atoms with E-state index >= 15 is 0 Å². The van der Waals surface area contributed by atoms with Crippen molar-refractivity contribution in [1.82, 2.24) is 14.9 Å². The van der Waals surface area contributed by atoms with Gasteiger partial charge in [-0.1, -0.05) is 6.07 Å². The van der Waals surface area contributed by atoms with Gasteiger partial charge in [-0.3, -0.25) is 4.98 Å². The molecule has 0 bridgehead atoms. The number of aromatic nitrogens is 2. The monoisotopic (exact) mass is 288 g/mol. The summed E-state index contributed by atoms with van der Waals surface area (Å²) in [4.78, 5) is 31.3. The third-order valence-electron chi connectivity index (χ3n) is 2.90. The second-order valence-corrected chi connectivity index (χ2v) is 4.69. The second kappa shape index (κ2) is 6.08. The number of pyridine rings is 1. The van der Waals surface area contributed by atoms with Crippen LogP contribution in [0.5, 0.6) is 0 Å². The minimum absolute atomic E-state index is 0.0318. The molecule has 7 heteroatoms. The maximum Gasteiger partial charge on any atom is 0.354 e. The number of amides is 2. The second-order valence-electron chi connectivity index (χ2n) is 4.69. The molecule has 0 spiro atoms. The Morgan fingerprint density at radius 2 is 2.24 bits per heavy atom. The van der Waals surface area contributed by atoms with E-state index in [2.05, 4.69) is 15.3 Å². The van der Waals surface area contributed by atoms with Gasteiger partial charge in [0.25, 0.3) is 0 Å². The first kappa shape index (κ1) is 14.6. The van der Waals surface area contributed by atoms with Crippen LogP contribution in [0.4, 0.5) is 10.5 Å². The van der Waals surface area contributed by atoms with Crippen LogP contribution in [-0.2, 0) is 6.54 Å². The number of urea groups is 1. The number of nitrogens with zero attached hydrogens (tertiary/aromatic N) is 2. The van der Waals surface area contributed by atoms with Gasteiger partial charge in [0.1, 0.15) is 5.69 Å². The molecule has 2 aromatic heterocycles. The molecule has 0 atom stereocenters. The maximum absolute atomic E-state index is 12.1. The molecule has 7 nitrogen and oxygen atoms in total. The molecule has 0 fully saturated rings. The van der Waals surface area contributed by atoms with Crippen molar-refractivity contribution >= 4 is 17.7 Å². The molecule has 2 aromatic rings. The Balaban J connectivity index is 2.06. The molecule has 0 unspecified atom stereocenters. The highest BCUT2D eigenvalue weighted by Gasteiger charge is 2.17. The van der Waals surface area contributed by atoms with Crippen LogP contribution in [0.2, 0.25) is 0 Å². The van der Waals surface area contributed by atoms with Crippen LogP contribution in [0.15, 0.2) is 30.6 Å². The first-order valence-corrected chi connectivity index (χ1v) is 6.31. The zero-order chi connectivity index (χ0) is 15.4. The topological polar surface area (TPSA) is 98.3 Å². The number of rotatable bonds is 4. The molecular formula is C14H16N4O3. The largest absolute Gasteiger partial charge is 0.477 e. The average Bonchev–Trinajstić information content (AvgIpc) is 2.81. The Labute approximate surface area is 121 Å². The summed E-state index contributed by atoms with van der Waals surface area (Å²) < 4.78 is 0. The van der Waals surface area contributed by atoms with Crippen molar-refractivity contribution < 1.29 is 14.7 Å². The number of carbonyl (C=O) groups excluding carboxylic acids is 1. The van der Waals surface area contributed by atoms with Gasteiger partial charge in [-0.25, -0.2) is 9.59 Å². The zero-order valence-electron chi connectivity index (χ0n) is 11.8. The molecule has 2 rings (SSSR count). The van der Waals surface area contributed by atoms with E-state index in [9.17, 15) is 9.59 Å². The fourth-order valence-corrected chi connectivity index (χ4v) is 1.90. The Morgan fingerprint density at radius 1 is 1.48 bits per heavy atom. The predicted octanol–water partition coefficient (Wildman–Crippen LogP) is 2.08. The van der Waals surface area contributed by atoms with E-state index in [0.717, 1.165) is 5.56 Å². The van der Waals surface area contributed by atoms with Crippen LogP contribution in [0.1, 0.15) is 21.7 Å². The fraction of sp³-hybridized carbons (Fsp3) is 0.214. The van der Waals surface area contributed by atoms with E-state index in [-0.39, 0.29) is 17.4 Å². The van der Waals surface area contributed by atoms with Crippen LogP contribution in [0.3, 0.4) is 0 Å². The number of nitrogens with one attached hydrogen (secondary N) is 2. The Kier molecular flexibility index (Phi) is 4.22. The molecule has 2 amide bonds. The van der Waals surface area contributed by atoms with Crippen molar-refractivity contribution in [3.8, 4) is 0 Å². The van der Waals surface area contributed by atoms with Crippen molar-refractivity contribution in [1.29, 1.82) is 0 Å². The quantitative estimate of drug-likeness (QED) is 0.802. The van der Waals surface area contributed by atoms with Gasteiger partial charge < -0.3 is 20.3 Å². The summed E-state index contributed by atoms with van der Waals surface area (Å²) in [5.41, 5.74) is 1.77. The maximum atomic E-state index is 12.1. The summed E-state index contributed by atoms with van der Waals surface area (Å²) in [6.07, 6.45) is 3.33. The lowest BCUT2D eigenvalue weighted by Gasteiger charge is -2.17. The fourth-order valence-electron chi connectivity index (χ4n) is 1.90. The van der Waals surface area contributed by atoms with Crippen molar-refractivity contribution in [2.45, 2.75) is 13.5 Å². The summed E-state index contributed by atoms with van der Waals surface area (Å²) >= 11 is 0. The van der Waals surface area contributed by atoms with E-state index in [1.54, 1.807) is 38.5 Å². The van der Waals surface area contributed by atoms with Gasteiger partial charge in [0.05, 0.1) is 5.69 Å². The molecule has 2 heterocycles. The number of carbonyl (C=O) groups is 2. The molecule has 0 saturated carbocycles. The van der Waals surface area contributed by atoms with Crippen molar-refractivity contribution in [3.05, 3.63) is 47.5 Å². The molecule has 0 aliphatic heterocycles. The van der Waals surface area contributed by atoms with Gasteiger partial charge >= 0.3 is 12.0 Å². The smallest absolute Gasteiger partial charge is 0.354 e. The summed E-state index contributed by atoms with van der Waals surface area (Å²) in [6.45, 7) is 2.10. The number of H-pyrrole nitrogens is 1. The number of hydrogen-bond acceptors (Lipinski definition) is 3. The average molecular weight is 288 g/mol. The van der Waals surface area contributed by atoms with Crippen LogP contribution in [0.25, 0.3) is 0 Å². The van der Waals surface area contributed by atoms with Gasteiger partial charge in [-0.15, -0.1) is 0 Å². The lowest BCUT2D eigenvalue weighted by Crippen LogP contribution is -2.31. The van der Waals surface area contributed by atoms with Crippen LogP contribution in [0, 0.1) is 6.92 Å². The van der Waals surface area contributed by atoms with Gasteiger partial charge in [-0.05, 0) is 24.6 Å². The molecule has 0 aliphatic carbocycles. The van der Waals surface area contributed by atoms with E-state index < -0.39 is 5.97 Å². The summed E-state index contributed by atoms with van der Waals surface area (Å²) in [5.74, 6) is -1.12. The van der Waals surface area contributed by atoms with Crippen molar-refractivity contribution in [2.24, 2.45) is 0 Å². The number of anilines is 1. The Morgan fingerprint density at radius 3 is 2.86 bits per heavy atom. The molecule has 3 N–H and O–H groups in total. The van der Waals surface area contributed by atoms with E-state index in [1.165, 1.54) is 4.90 Å². The van der Waals surface area contributed by atoms with Crippen LogP contribution < -0.4 is 5.32 Å². The number of hydrogen-bond donors (Lipinski definition) is 3. The van der Waals surface area contributed by atoms with Crippen LogP contribution in [-0.4, -0.2) is 39.0 Å². The van der Waals surface area contributed by atoms with Gasteiger partial charge in [0.2, 0.25) is 0 Å². The van der Waals surface area contributed by atoms with E-state index in [1.807, 2.05) is 6.07 Å². The molecular weight excluding hydrogens is 272 g/mol. The first-order valence-electron chi connectivity index (χ1n) is 6.31. The minimum atomic E-state index is -1.12. The number of aromatic amines is 1.